The van der Waals surface area contributed by atoms with Crippen LogP contribution in [0.1, 0.15) is 5.56 Å². The lowest BCUT2D eigenvalue weighted by atomic mass is 10.2. The summed E-state index contributed by atoms with van der Waals surface area (Å²) in [5.74, 6) is 0. The highest BCUT2D eigenvalue weighted by Gasteiger charge is 2.01. The largest absolute Gasteiger partial charge is 0.251 e. The minimum atomic E-state index is 0.420. The molecule has 4 heteroatoms. The number of aromatic nitrogens is 2. The van der Waals surface area contributed by atoms with Gasteiger partial charge in [0.05, 0.1) is 17.2 Å². The lowest BCUT2D eigenvalue weighted by molar-refractivity contribution is 1.28. The first-order valence-corrected chi connectivity index (χ1v) is 4.92. The van der Waals surface area contributed by atoms with Gasteiger partial charge in [0.2, 0.25) is 0 Å². The molecular formula is C9H6BrClN2. The van der Waals surface area contributed by atoms with Crippen LogP contribution < -0.4 is 0 Å². The number of aryl methyl sites for hydroxylation is 1. The fourth-order valence-corrected chi connectivity index (χ4v) is 1.59. The topological polar surface area (TPSA) is 25.8 Å². The molecule has 1 aromatic heterocycles. The second-order valence-electron chi connectivity index (χ2n) is 2.78. The SMILES string of the molecule is Cc1cc2ncc(Cl)nc2cc1Br. The van der Waals surface area contributed by atoms with Crippen LogP contribution in [0.5, 0.6) is 0 Å². The highest BCUT2D eigenvalue weighted by molar-refractivity contribution is 9.10. The van der Waals surface area contributed by atoms with Gasteiger partial charge in [-0.15, -0.1) is 0 Å². The summed E-state index contributed by atoms with van der Waals surface area (Å²) in [6.07, 6.45) is 1.55. The van der Waals surface area contributed by atoms with E-state index in [1.807, 2.05) is 19.1 Å². The van der Waals surface area contributed by atoms with Crippen LogP contribution >= 0.6 is 27.5 Å². The van der Waals surface area contributed by atoms with Crippen LogP contribution in [0.15, 0.2) is 22.8 Å². The summed E-state index contributed by atoms with van der Waals surface area (Å²) in [6, 6.07) is 3.90. The van der Waals surface area contributed by atoms with Gasteiger partial charge in [0.25, 0.3) is 0 Å². The van der Waals surface area contributed by atoms with E-state index >= 15 is 0 Å². The molecule has 0 aliphatic heterocycles. The summed E-state index contributed by atoms with van der Waals surface area (Å²) in [6.45, 7) is 2.01. The number of rotatable bonds is 0. The first kappa shape index (κ1) is 8.91. The Morgan fingerprint density at radius 1 is 1.31 bits per heavy atom. The zero-order valence-electron chi connectivity index (χ0n) is 6.88. The Morgan fingerprint density at radius 2 is 2.08 bits per heavy atom. The van der Waals surface area contributed by atoms with Crippen molar-refractivity contribution in [1.29, 1.82) is 0 Å². The summed E-state index contributed by atoms with van der Waals surface area (Å²) < 4.78 is 1.02. The highest BCUT2D eigenvalue weighted by Crippen LogP contribution is 2.22. The molecule has 0 saturated heterocycles. The van der Waals surface area contributed by atoms with Gasteiger partial charge >= 0.3 is 0 Å². The van der Waals surface area contributed by atoms with Gasteiger partial charge in [-0.2, -0.15) is 0 Å². The van der Waals surface area contributed by atoms with Crippen LogP contribution in [0, 0.1) is 6.92 Å². The van der Waals surface area contributed by atoms with Crippen molar-refractivity contribution in [2.75, 3.05) is 0 Å². The molecule has 0 amide bonds. The second-order valence-corrected chi connectivity index (χ2v) is 4.02. The Labute approximate surface area is 89.1 Å². The van der Waals surface area contributed by atoms with Crippen molar-refractivity contribution in [2.45, 2.75) is 6.92 Å². The van der Waals surface area contributed by atoms with Crippen LogP contribution in [0.25, 0.3) is 11.0 Å². The van der Waals surface area contributed by atoms with Crippen molar-refractivity contribution in [3.05, 3.63) is 33.5 Å². The lowest BCUT2D eigenvalue weighted by Crippen LogP contribution is -1.86. The molecule has 2 rings (SSSR count). The third-order valence-corrected chi connectivity index (χ3v) is 2.83. The van der Waals surface area contributed by atoms with Crippen molar-refractivity contribution in [2.24, 2.45) is 0 Å². The van der Waals surface area contributed by atoms with E-state index in [2.05, 4.69) is 25.9 Å². The Hall–Kier alpha value is -0.670. The third-order valence-electron chi connectivity index (χ3n) is 1.79. The molecule has 0 aliphatic carbocycles. The van der Waals surface area contributed by atoms with Gasteiger partial charge in [0.15, 0.2) is 0 Å². The van der Waals surface area contributed by atoms with E-state index in [0.29, 0.717) is 5.15 Å². The van der Waals surface area contributed by atoms with Gasteiger partial charge in [-0.1, -0.05) is 27.5 Å². The molecule has 0 atom stereocenters. The average Bonchev–Trinajstić information content (AvgIpc) is 2.08. The van der Waals surface area contributed by atoms with E-state index in [4.69, 9.17) is 11.6 Å². The monoisotopic (exact) mass is 256 g/mol. The average molecular weight is 258 g/mol. The minimum Gasteiger partial charge on any atom is -0.251 e. The minimum absolute atomic E-state index is 0.420. The molecule has 13 heavy (non-hydrogen) atoms. The summed E-state index contributed by atoms with van der Waals surface area (Å²) in [7, 11) is 0. The zero-order chi connectivity index (χ0) is 9.42. The van der Waals surface area contributed by atoms with E-state index in [1.165, 1.54) is 0 Å². The summed E-state index contributed by atoms with van der Waals surface area (Å²) in [5.41, 5.74) is 2.82. The number of benzene rings is 1. The Morgan fingerprint density at radius 3 is 2.85 bits per heavy atom. The van der Waals surface area contributed by atoms with E-state index in [0.717, 1.165) is 21.1 Å². The molecule has 0 saturated carbocycles. The van der Waals surface area contributed by atoms with Gasteiger partial charge in [-0.25, -0.2) is 4.98 Å². The number of fused-ring (bicyclic) bond motifs is 1. The molecule has 0 radical (unpaired) electrons. The predicted molar refractivity (Wildman–Crippen MR) is 57.0 cm³/mol. The van der Waals surface area contributed by atoms with Crippen LogP contribution in [-0.2, 0) is 0 Å². The second kappa shape index (κ2) is 3.24. The van der Waals surface area contributed by atoms with Gasteiger partial charge in [0, 0.05) is 4.47 Å². The quantitative estimate of drug-likeness (QED) is 0.723. The lowest BCUT2D eigenvalue weighted by Gasteiger charge is -2.00. The van der Waals surface area contributed by atoms with E-state index in [9.17, 15) is 0 Å². The van der Waals surface area contributed by atoms with Crippen LogP contribution in [0.2, 0.25) is 5.15 Å². The molecule has 1 heterocycles. The molecular weight excluding hydrogens is 251 g/mol. The van der Waals surface area contributed by atoms with Crippen molar-refractivity contribution >= 4 is 38.6 Å². The van der Waals surface area contributed by atoms with Crippen molar-refractivity contribution in [3.8, 4) is 0 Å². The number of hydrogen-bond donors (Lipinski definition) is 0. The fraction of sp³-hybridized carbons (Fsp3) is 0.111. The molecule has 0 spiro atoms. The van der Waals surface area contributed by atoms with Crippen LogP contribution in [-0.4, -0.2) is 9.97 Å². The number of halogens is 2. The highest BCUT2D eigenvalue weighted by atomic mass is 79.9. The molecule has 0 fully saturated rings. The number of hydrogen-bond acceptors (Lipinski definition) is 2. The van der Waals surface area contributed by atoms with E-state index < -0.39 is 0 Å². The van der Waals surface area contributed by atoms with E-state index in [1.54, 1.807) is 6.20 Å². The molecule has 0 N–H and O–H groups in total. The molecule has 0 aliphatic rings. The summed E-state index contributed by atoms with van der Waals surface area (Å²) in [4.78, 5) is 8.32. The Balaban J connectivity index is 2.81. The molecule has 1 aromatic carbocycles. The third kappa shape index (κ3) is 1.67. The fourth-order valence-electron chi connectivity index (χ4n) is 1.12. The molecule has 2 nitrogen and oxygen atoms in total. The summed E-state index contributed by atoms with van der Waals surface area (Å²) >= 11 is 9.15. The maximum absolute atomic E-state index is 5.72. The first-order valence-electron chi connectivity index (χ1n) is 3.75. The molecule has 0 bridgehead atoms. The zero-order valence-corrected chi connectivity index (χ0v) is 9.22. The Bertz CT molecular complexity index is 470. The van der Waals surface area contributed by atoms with Crippen LogP contribution in [0.4, 0.5) is 0 Å². The molecule has 0 unspecified atom stereocenters. The standard InChI is InChI=1S/C9H6BrClN2/c1-5-2-7-8(3-6(5)10)13-9(11)4-12-7/h2-4H,1H3. The molecule has 2 aromatic rings. The smallest absolute Gasteiger partial charge is 0.148 e. The first-order chi connectivity index (χ1) is 6.16. The summed E-state index contributed by atoms with van der Waals surface area (Å²) in [5, 5.41) is 0.420. The Kier molecular flexibility index (Phi) is 2.22. The van der Waals surface area contributed by atoms with Crippen molar-refractivity contribution in [1.82, 2.24) is 9.97 Å². The van der Waals surface area contributed by atoms with Gasteiger partial charge in [-0.05, 0) is 24.6 Å². The van der Waals surface area contributed by atoms with Gasteiger partial charge in [0.1, 0.15) is 5.15 Å². The van der Waals surface area contributed by atoms with Crippen LogP contribution in [0.3, 0.4) is 0 Å². The van der Waals surface area contributed by atoms with E-state index in [-0.39, 0.29) is 0 Å². The maximum atomic E-state index is 5.72. The predicted octanol–water partition coefficient (Wildman–Crippen LogP) is 3.35. The van der Waals surface area contributed by atoms with Gasteiger partial charge in [-0.3, -0.25) is 4.98 Å². The van der Waals surface area contributed by atoms with Crippen molar-refractivity contribution in [3.63, 3.8) is 0 Å². The number of nitrogens with zero attached hydrogens (tertiary/aromatic N) is 2. The normalized spacial score (nSPS) is 10.7. The molecule has 66 valence electrons. The van der Waals surface area contributed by atoms with Gasteiger partial charge < -0.3 is 0 Å². The maximum Gasteiger partial charge on any atom is 0.148 e. The van der Waals surface area contributed by atoms with Crippen molar-refractivity contribution < 1.29 is 0 Å².